The Morgan fingerprint density at radius 1 is 1.70 bits per heavy atom. The average Bonchev–Trinajstić information content (AvgIpc) is 2.46. The first kappa shape index (κ1) is 6.68. The molecular weight excluding hydrogens is 146 g/mol. The van der Waals surface area contributed by atoms with E-state index in [9.17, 15) is 0 Å². The van der Waals surface area contributed by atoms with Crippen molar-refractivity contribution in [1.82, 2.24) is 0 Å². The summed E-state index contributed by atoms with van der Waals surface area (Å²) in [5, 5.41) is 1.23. The highest BCUT2D eigenvalue weighted by Crippen LogP contribution is 2.34. The lowest BCUT2D eigenvalue weighted by molar-refractivity contribution is 0.183. The molecule has 1 atom stereocenters. The summed E-state index contributed by atoms with van der Waals surface area (Å²) in [5.41, 5.74) is 0.189. The average molecular weight is 157 g/mol. The van der Waals surface area contributed by atoms with Gasteiger partial charge in [-0.1, -0.05) is 0 Å². The van der Waals surface area contributed by atoms with Gasteiger partial charge < -0.3 is 4.74 Å². The van der Waals surface area contributed by atoms with Gasteiger partial charge in [-0.15, -0.1) is 11.8 Å². The summed E-state index contributed by atoms with van der Waals surface area (Å²) in [4.78, 5) is 4.57. The molecule has 0 amide bonds. The number of hydrogen-bond acceptors (Lipinski definition) is 3. The third kappa shape index (κ3) is 0.974. The van der Waals surface area contributed by atoms with E-state index in [2.05, 4.69) is 11.9 Å². The van der Waals surface area contributed by atoms with Gasteiger partial charge >= 0.3 is 0 Å². The molecule has 1 unspecified atom stereocenters. The molecule has 2 rings (SSSR count). The lowest BCUT2D eigenvalue weighted by atomic mass is 10.0. The van der Waals surface area contributed by atoms with Crippen LogP contribution in [0, 0.1) is 0 Å². The third-order valence-electron chi connectivity index (χ3n) is 2.03. The van der Waals surface area contributed by atoms with Gasteiger partial charge in [0.1, 0.15) is 0 Å². The number of ether oxygens (including phenoxy) is 1. The molecule has 3 heteroatoms. The summed E-state index contributed by atoms with van der Waals surface area (Å²) in [6.45, 7) is 3.83. The molecule has 0 aromatic heterocycles. The van der Waals surface area contributed by atoms with Crippen molar-refractivity contribution in [2.45, 2.75) is 18.9 Å². The Labute approximate surface area is 65.0 Å². The molecule has 0 saturated carbocycles. The number of thioether (sulfide) groups is 1. The lowest BCUT2D eigenvalue weighted by Gasteiger charge is -2.14. The zero-order chi connectivity index (χ0) is 7.03. The highest BCUT2D eigenvalue weighted by atomic mass is 32.2. The first-order valence-electron chi connectivity index (χ1n) is 3.58. The van der Waals surface area contributed by atoms with E-state index in [-0.39, 0.29) is 5.54 Å². The minimum absolute atomic E-state index is 0.189. The minimum atomic E-state index is 0.189. The quantitative estimate of drug-likeness (QED) is 0.529. The van der Waals surface area contributed by atoms with Crippen molar-refractivity contribution in [3.8, 4) is 0 Å². The monoisotopic (exact) mass is 157 g/mol. The second-order valence-electron chi connectivity index (χ2n) is 2.95. The Kier molecular flexibility index (Phi) is 1.49. The largest absolute Gasteiger partial charge is 0.379 e. The Bertz CT molecular complexity index is 172. The maximum absolute atomic E-state index is 5.31. The van der Waals surface area contributed by atoms with Gasteiger partial charge in [0.25, 0.3) is 0 Å². The Morgan fingerprint density at radius 2 is 2.60 bits per heavy atom. The molecule has 1 fully saturated rings. The smallest absolute Gasteiger partial charge is 0.0965 e. The zero-order valence-electron chi connectivity index (χ0n) is 6.09. The Hall–Kier alpha value is -0.0200. The van der Waals surface area contributed by atoms with E-state index >= 15 is 0 Å². The van der Waals surface area contributed by atoms with Crippen molar-refractivity contribution in [2.75, 3.05) is 19.0 Å². The predicted octanol–water partition coefficient (Wildman–Crippen LogP) is 1.31. The highest BCUT2D eigenvalue weighted by Gasteiger charge is 2.38. The summed E-state index contributed by atoms with van der Waals surface area (Å²) in [6.07, 6.45) is 1.12. The topological polar surface area (TPSA) is 21.6 Å². The summed E-state index contributed by atoms with van der Waals surface area (Å²) in [5.74, 6) is 1.14. The maximum atomic E-state index is 5.31. The van der Waals surface area contributed by atoms with Crippen LogP contribution in [0.3, 0.4) is 0 Å². The van der Waals surface area contributed by atoms with E-state index in [1.54, 1.807) is 0 Å². The Balaban J connectivity index is 2.16. The molecule has 10 heavy (non-hydrogen) atoms. The van der Waals surface area contributed by atoms with E-state index in [1.165, 1.54) is 5.04 Å². The van der Waals surface area contributed by atoms with Crippen molar-refractivity contribution < 1.29 is 4.74 Å². The molecule has 0 aromatic rings. The second-order valence-corrected chi connectivity index (χ2v) is 4.11. The SMILES string of the molecule is CC1=NC2(CCOC2)CS1. The Morgan fingerprint density at radius 3 is 3.10 bits per heavy atom. The summed E-state index contributed by atoms with van der Waals surface area (Å²) < 4.78 is 5.31. The first-order chi connectivity index (χ1) is 4.81. The molecule has 2 aliphatic rings. The fraction of sp³-hybridized carbons (Fsp3) is 0.857. The van der Waals surface area contributed by atoms with Gasteiger partial charge in [-0.05, 0) is 13.3 Å². The zero-order valence-corrected chi connectivity index (χ0v) is 6.91. The van der Waals surface area contributed by atoms with Crippen LogP contribution in [0.5, 0.6) is 0 Å². The molecule has 0 radical (unpaired) electrons. The molecule has 1 saturated heterocycles. The predicted molar refractivity (Wildman–Crippen MR) is 43.7 cm³/mol. The van der Waals surface area contributed by atoms with E-state index in [0.717, 1.165) is 25.4 Å². The van der Waals surface area contributed by atoms with Gasteiger partial charge in [-0.2, -0.15) is 0 Å². The molecular formula is C7H11NOS. The molecule has 2 aliphatic heterocycles. The third-order valence-corrected chi connectivity index (χ3v) is 3.22. The standard InChI is InChI=1S/C7H11NOS/c1-6-8-7(5-10-6)2-3-9-4-7/h2-5H2,1H3. The minimum Gasteiger partial charge on any atom is -0.379 e. The summed E-state index contributed by atoms with van der Waals surface area (Å²) in [7, 11) is 0. The number of hydrogen-bond donors (Lipinski definition) is 0. The number of aliphatic imine (C=N–C) groups is 1. The van der Waals surface area contributed by atoms with Crippen LogP contribution in [-0.2, 0) is 4.74 Å². The summed E-state index contributed by atoms with van der Waals surface area (Å²) in [6, 6.07) is 0. The fourth-order valence-electron chi connectivity index (χ4n) is 1.44. The number of nitrogens with zero attached hydrogens (tertiary/aromatic N) is 1. The van der Waals surface area contributed by atoms with Crippen LogP contribution in [0.25, 0.3) is 0 Å². The molecule has 56 valence electrons. The van der Waals surface area contributed by atoms with Crippen LogP contribution in [-0.4, -0.2) is 29.5 Å². The normalized spacial score (nSPS) is 39.1. The van der Waals surface area contributed by atoms with Crippen LogP contribution in [0.15, 0.2) is 4.99 Å². The van der Waals surface area contributed by atoms with Crippen LogP contribution in [0.4, 0.5) is 0 Å². The summed E-state index contributed by atoms with van der Waals surface area (Å²) >= 11 is 1.86. The van der Waals surface area contributed by atoms with Crippen molar-refractivity contribution in [3.63, 3.8) is 0 Å². The maximum Gasteiger partial charge on any atom is 0.0965 e. The van der Waals surface area contributed by atoms with E-state index in [0.29, 0.717) is 0 Å². The molecule has 1 spiro atoms. The molecule has 0 aliphatic carbocycles. The molecule has 0 N–H and O–H groups in total. The van der Waals surface area contributed by atoms with Crippen molar-refractivity contribution >= 4 is 16.8 Å². The van der Waals surface area contributed by atoms with E-state index < -0.39 is 0 Å². The lowest BCUT2D eigenvalue weighted by Crippen LogP contribution is -2.26. The molecule has 2 heterocycles. The van der Waals surface area contributed by atoms with Crippen LogP contribution in [0.1, 0.15) is 13.3 Å². The highest BCUT2D eigenvalue weighted by molar-refractivity contribution is 8.14. The number of rotatable bonds is 0. The first-order valence-corrected chi connectivity index (χ1v) is 4.56. The van der Waals surface area contributed by atoms with Gasteiger partial charge in [0.15, 0.2) is 0 Å². The van der Waals surface area contributed by atoms with Crippen LogP contribution in [0.2, 0.25) is 0 Å². The molecule has 0 aromatic carbocycles. The van der Waals surface area contributed by atoms with E-state index in [1.807, 2.05) is 11.8 Å². The van der Waals surface area contributed by atoms with Crippen LogP contribution >= 0.6 is 11.8 Å². The van der Waals surface area contributed by atoms with Gasteiger partial charge in [-0.3, -0.25) is 4.99 Å². The van der Waals surface area contributed by atoms with Crippen LogP contribution < -0.4 is 0 Å². The van der Waals surface area contributed by atoms with Gasteiger partial charge in [0, 0.05) is 12.4 Å². The van der Waals surface area contributed by atoms with E-state index in [4.69, 9.17) is 4.74 Å². The van der Waals surface area contributed by atoms with Crippen molar-refractivity contribution in [3.05, 3.63) is 0 Å². The van der Waals surface area contributed by atoms with Crippen molar-refractivity contribution in [1.29, 1.82) is 0 Å². The second kappa shape index (κ2) is 2.24. The molecule has 2 nitrogen and oxygen atoms in total. The van der Waals surface area contributed by atoms with Crippen molar-refractivity contribution in [2.24, 2.45) is 4.99 Å². The van der Waals surface area contributed by atoms with Gasteiger partial charge in [0.2, 0.25) is 0 Å². The fourth-order valence-corrected chi connectivity index (χ4v) is 2.46. The molecule has 0 bridgehead atoms. The van der Waals surface area contributed by atoms with Gasteiger partial charge in [0.05, 0.1) is 17.2 Å². The van der Waals surface area contributed by atoms with Gasteiger partial charge in [-0.25, -0.2) is 0 Å².